The van der Waals surface area contributed by atoms with Crippen LogP contribution in [0.5, 0.6) is 5.75 Å². The van der Waals surface area contributed by atoms with Crippen molar-refractivity contribution in [3.63, 3.8) is 0 Å². The fraction of sp³-hybridized carbons (Fsp3) is 0.636. The molecular weight excluding hydrogens is 370 g/mol. The Kier molecular flexibility index (Phi) is 6.22. The van der Waals surface area contributed by atoms with Gasteiger partial charge in [-0.2, -0.15) is 5.26 Å². The molecule has 0 aromatic heterocycles. The van der Waals surface area contributed by atoms with E-state index in [2.05, 4.69) is 11.0 Å². The third kappa shape index (κ3) is 5.62. The van der Waals surface area contributed by atoms with Crippen molar-refractivity contribution in [3.8, 4) is 11.8 Å². The number of hydrogen-bond donors (Lipinski definition) is 1. The van der Waals surface area contributed by atoms with Gasteiger partial charge in [0.25, 0.3) is 0 Å². The van der Waals surface area contributed by atoms with Gasteiger partial charge in [0.2, 0.25) is 0 Å². The topological polar surface area (TPSA) is 86.0 Å². The van der Waals surface area contributed by atoms with Crippen molar-refractivity contribution in [1.29, 1.82) is 5.26 Å². The van der Waals surface area contributed by atoms with E-state index in [1.807, 2.05) is 4.90 Å². The van der Waals surface area contributed by atoms with Crippen LogP contribution in [0.25, 0.3) is 0 Å². The smallest absolute Gasteiger partial charge is 0.409 e. The molecule has 2 saturated heterocycles. The quantitative estimate of drug-likeness (QED) is 0.756. The van der Waals surface area contributed by atoms with Crippen LogP contribution in [0.2, 0.25) is 0 Å². The number of carbonyl (C=O) groups excluding carboxylic acids is 1. The summed E-state index contributed by atoms with van der Waals surface area (Å²) in [6.07, 6.45) is 2.77. The molecule has 2 aliphatic heterocycles. The van der Waals surface area contributed by atoms with Crippen molar-refractivity contribution in [1.82, 2.24) is 9.80 Å². The van der Waals surface area contributed by atoms with Crippen LogP contribution in [-0.2, 0) is 4.74 Å². The van der Waals surface area contributed by atoms with Crippen molar-refractivity contribution < 1.29 is 19.4 Å². The van der Waals surface area contributed by atoms with E-state index in [9.17, 15) is 9.90 Å². The molecule has 1 aliphatic carbocycles. The zero-order chi connectivity index (χ0) is 20.2. The number of fused-ring (bicyclic) bond motifs is 2. The maximum absolute atomic E-state index is 12.3. The zero-order valence-electron chi connectivity index (χ0n) is 16.7. The number of aliphatic hydroxyl groups is 1. The Hall–Kier alpha value is -2.30. The lowest BCUT2D eigenvalue weighted by Gasteiger charge is -2.45. The summed E-state index contributed by atoms with van der Waals surface area (Å²) in [4.78, 5) is 16.5. The Morgan fingerprint density at radius 2 is 1.86 bits per heavy atom. The van der Waals surface area contributed by atoms with Crippen molar-refractivity contribution in [2.75, 3.05) is 45.9 Å². The lowest BCUT2D eigenvalue weighted by atomic mass is 9.84. The maximum atomic E-state index is 12.3. The van der Waals surface area contributed by atoms with Crippen molar-refractivity contribution >= 4 is 6.09 Å². The first-order valence-corrected chi connectivity index (χ1v) is 10.5. The highest BCUT2D eigenvalue weighted by Gasteiger charge is 2.37. The summed E-state index contributed by atoms with van der Waals surface area (Å²) in [5.41, 5.74) is 0.586. The van der Waals surface area contributed by atoms with Crippen LogP contribution in [0.3, 0.4) is 0 Å². The van der Waals surface area contributed by atoms with Crippen LogP contribution >= 0.6 is 0 Å². The van der Waals surface area contributed by atoms with Gasteiger partial charge in [0.05, 0.1) is 18.2 Å². The van der Waals surface area contributed by atoms with Gasteiger partial charge in [0, 0.05) is 32.7 Å². The Morgan fingerprint density at radius 3 is 2.48 bits per heavy atom. The van der Waals surface area contributed by atoms with Gasteiger partial charge in [-0.05, 0) is 61.3 Å². The van der Waals surface area contributed by atoms with Crippen LogP contribution in [0.15, 0.2) is 24.3 Å². The van der Waals surface area contributed by atoms with Gasteiger partial charge < -0.3 is 19.5 Å². The van der Waals surface area contributed by atoms with Gasteiger partial charge in [-0.3, -0.25) is 4.90 Å². The minimum absolute atomic E-state index is 0.157. The van der Waals surface area contributed by atoms with Crippen LogP contribution in [0.1, 0.15) is 24.8 Å². The summed E-state index contributed by atoms with van der Waals surface area (Å²) < 4.78 is 11.1. The molecule has 1 amide bonds. The maximum Gasteiger partial charge on any atom is 0.409 e. The van der Waals surface area contributed by atoms with Gasteiger partial charge in [0.15, 0.2) is 0 Å². The SMILES string of the molecule is N#Cc1ccc(OC[C@@H](O)CN2CC3CC(C2)CN(C(=O)OCC2CC2)C3)cc1. The largest absolute Gasteiger partial charge is 0.491 e. The summed E-state index contributed by atoms with van der Waals surface area (Å²) in [5.74, 6) is 2.11. The number of aliphatic hydroxyl groups excluding tert-OH is 1. The van der Waals surface area contributed by atoms with E-state index >= 15 is 0 Å². The highest BCUT2D eigenvalue weighted by molar-refractivity contribution is 5.67. The fourth-order valence-corrected chi connectivity index (χ4v) is 4.42. The van der Waals surface area contributed by atoms with Gasteiger partial charge in [-0.15, -0.1) is 0 Å². The second-order valence-electron chi connectivity index (χ2n) is 8.71. The first-order chi connectivity index (χ1) is 14.1. The molecule has 156 valence electrons. The third-order valence-corrected chi connectivity index (χ3v) is 5.95. The zero-order valence-corrected chi connectivity index (χ0v) is 16.7. The molecule has 1 aromatic rings. The van der Waals surface area contributed by atoms with Crippen LogP contribution in [-0.4, -0.2) is 73.0 Å². The summed E-state index contributed by atoms with van der Waals surface area (Å²) in [7, 11) is 0. The molecule has 2 bridgehead atoms. The standard InChI is InChI=1S/C22H29N3O4/c23-8-16-3-5-21(6-4-16)28-15-20(26)13-24-9-18-7-19(10-24)12-25(11-18)22(27)29-14-17-1-2-17/h3-6,17-20,26H,1-2,7,9-15H2/t18?,19?,20-/m0/s1. The van der Waals surface area contributed by atoms with E-state index in [-0.39, 0.29) is 12.7 Å². The average molecular weight is 399 g/mol. The number of piperidine rings is 2. The highest BCUT2D eigenvalue weighted by Crippen LogP contribution is 2.31. The molecule has 3 aliphatic rings. The van der Waals surface area contributed by atoms with Crippen LogP contribution < -0.4 is 4.74 Å². The Labute approximate surface area is 171 Å². The molecule has 7 heteroatoms. The van der Waals surface area contributed by atoms with E-state index in [4.69, 9.17) is 14.7 Å². The number of β-amino-alcohol motifs (C(OH)–C–C–N with tert-alkyl or cyclic N) is 1. The van der Waals surface area contributed by atoms with E-state index in [1.165, 1.54) is 12.8 Å². The lowest BCUT2D eigenvalue weighted by molar-refractivity contribution is -0.00215. The third-order valence-electron chi connectivity index (χ3n) is 5.95. The molecule has 1 saturated carbocycles. The Bertz CT molecular complexity index is 729. The van der Waals surface area contributed by atoms with E-state index in [0.717, 1.165) is 32.6 Å². The molecule has 0 spiro atoms. The van der Waals surface area contributed by atoms with Gasteiger partial charge in [-0.25, -0.2) is 4.79 Å². The first-order valence-electron chi connectivity index (χ1n) is 10.5. The Balaban J connectivity index is 1.20. The number of benzene rings is 1. The summed E-state index contributed by atoms with van der Waals surface area (Å²) >= 11 is 0. The number of nitriles is 1. The van der Waals surface area contributed by atoms with Gasteiger partial charge in [0.1, 0.15) is 18.5 Å². The normalized spacial score (nSPS) is 25.2. The second-order valence-corrected chi connectivity index (χ2v) is 8.71. The van der Waals surface area contributed by atoms with E-state index in [0.29, 0.717) is 42.2 Å². The fourth-order valence-electron chi connectivity index (χ4n) is 4.42. The van der Waals surface area contributed by atoms with Crippen LogP contribution in [0, 0.1) is 29.1 Å². The summed E-state index contributed by atoms with van der Waals surface area (Å²) in [6, 6.07) is 8.97. The minimum atomic E-state index is -0.580. The lowest BCUT2D eigenvalue weighted by Crippen LogP contribution is -2.55. The molecule has 7 nitrogen and oxygen atoms in total. The molecule has 2 heterocycles. The van der Waals surface area contributed by atoms with E-state index < -0.39 is 6.10 Å². The molecule has 3 fully saturated rings. The number of nitrogens with zero attached hydrogens (tertiary/aromatic N) is 3. The molecular formula is C22H29N3O4. The summed E-state index contributed by atoms with van der Waals surface area (Å²) in [5, 5.41) is 19.2. The number of rotatable bonds is 7. The van der Waals surface area contributed by atoms with Crippen molar-refractivity contribution in [2.24, 2.45) is 17.8 Å². The first kappa shape index (κ1) is 20.0. The highest BCUT2D eigenvalue weighted by atomic mass is 16.6. The predicted molar refractivity (Wildman–Crippen MR) is 106 cm³/mol. The molecule has 3 atom stereocenters. The molecule has 1 N–H and O–H groups in total. The van der Waals surface area contributed by atoms with Gasteiger partial charge >= 0.3 is 6.09 Å². The average Bonchev–Trinajstić information content (AvgIpc) is 3.54. The number of amides is 1. The second kappa shape index (κ2) is 9.02. The van der Waals surface area contributed by atoms with Crippen molar-refractivity contribution in [3.05, 3.63) is 29.8 Å². The van der Waals surface area contributed by atoms with E-state index in [1.54, 1.807) is 24.3 Å². The molecule has 0 radical (unpaired) electrons. The Morgan fingerprint density at radius 1 is 1.17 bits per heavy atom. The summed E-state index contributed by atoms with van der Waals surface area (Å²) in [6.45, 7) is 4.62. The molecule has 1 aromatic carbocycles. The monoisotopic (exact) mass is 399 g/mol. The number of carbonyl (C=O) groups is 1. The minimum Gasteiger partial charge on any atom is -0.491 e. The molecule has 2 unspecified atom stereocenters. The molecule has 29 heavy (non-hydrogen) atoms. The molecule has 4 rings (SSSR count). The number of likely N-dealkylation sites (tertiary alicyclic amines) is 2. The van der Waals surface area contributed by atoms with Crippen LogP contribution in [0.4, 0.5) is 4.79 Å². The number of ether oxygens (including phenoxy) is 2. The predicted octanol–water partition coefficient (Wildman–Crippen LogP) is 2.10. The van der Waals surface area contributed by atoms with Crippen molar-refractivity contribution in [2.45, 2.75) is 25.4 Å². The van der Waals surface area contributed by atoms with Gasteiger partial charge in [-0.1, -0.05) is 0 Å². The number of hydrogen-bond acceptors (Lipinski definition) is 6.